The van der Waals surface area contributed by atoms with Crippen molar-refractivity contribution in [2.24, 2.45) is 4.99 Å². The van der Waals surface area contributed by atoms with Gasteiger partial charge < -0.3 is 0 Å². The van der Waals surface area contributed by atoms with E-state index in [0.717, 1.165) is 26.9 Å². The molecule has 3 rings (SSSR count). The monoisotopic (exact) mass is 383 g/mol. The van der Waals surface area contributed by atoms with Crippen molar-refractivity contribution in [3.63, 3.8) is 0 Å². The average Bonchev–Trinajstić information content (AvgIpc) is 2.63. The van der Waals surface area contributed by atoms with Crippen molar-refractivity contribution in [2.75, 3.05) is 0 Å². The summed E-state index contributed by atoms with van der Waals surface area (Å²) in [5, 5.41) is 3.46. The minimum Gasteiger partial charge on any atom is -0.248 e. The number of nitrogens with zero attached hydrogens (tertiary/aromatic N) is 1. The molecule has 0 heterocycles. The highest BCUT2D eigenvalue weighted by molar-refractivity contribution is 8.02. The number of hydrogen-bond donors (Lipinski definition) is 0. The third-order valence-electron chi connectivity index (χ3n) is 3.37. The first-order chi connectivity index (χ1) is 12.2. The van der Waals surface area contributed by atoms with Crippen molar-refractivity contribution in [1.82, 2.24) is 0 Å². The van der Waals surface area contributed by atoms with E-state index in [-0.39, 0.29) is 0 Å². The number of para-hydroxylation sites is 1. The van der Waals surface area contributed by atoms with E-state index < -0.39 is 0 Å². The van der Waals surface area contributed by atoms with Crippen molar-refractivity contribution in [3.8, 4) is 0 Å². The first kappa shape index (κ1) is 17.8. The van der Waals surface area contributed by atoms with Gasteiger partial charge in [-0.25, -0.2) is 4.99 Å². The third kappa shape index (κ3) is 5.50. The van der Waals surface area contributed by atoms with Gasteiger partial charge in [-0.3, -0.25) is 0 Å². The lowest BCUT2D eigenvalue weighted by atomic mass is 10.1. The van der Waals surface area contributed by atoms with Gasteiger partial charge in [-0.15, -0.1) is 0 Å². The van der Waals surface area contributed by atoms with E-state index in [1.54, 1.807) is 11.8 Å². The lowest BCUT2D eigenvalue weighted by Gasteiger charge is -2.03. The average molecular weight is 384 g/mol. The van der Waals surface area contributed by atoms with Gasteiger partial charge >= 0.3 is 0 Å². The van der Waals surface area contributed by atoms with E-state index in [4.69, 9.17) is 28.2 Å². The lowest BCUT2D eigenvalue weighted by molar-refractivity contribution is 1.47. The Bertz CT molecular complexity index is 887. The van der Waals surface area contributed by atoms with Crippen molar-refractivity contribution >= 4 is 46.4 Å². The molecule has 0 fully saturated rings. The van der Waals surface area contributed by atoms with Crippen LogP contribution in [-0.4, -0.2) is 5.71 Å². The number of hydrogen-bond acceptors (Lipinski definition) is 2. The molecule has 0 aromatic heterocycles. The third-order valence-corrected chi connectivity index (χ3v) is 4.66. The Hall–Kier alpha value is -2.00. The second-order valence-electron chi connectivity index (χ2n) is 5.22. The van der Waals surface area contributed by atoms with Crippen molar-refractivity contribution in [2.45, 2.75) is 4.90 Å². The Morgan fingerprint density at radius 2 is 1.56 bits per heavy atom. The van der Waals surface area contributed by atoms with Crippen LogP contribution in [0.5, 0.6) is 0 Å². The molecule has 124 valence electrons. The van der Waals surface area contributed by atoms with Crippen LogP contribution < -0.4 is 0 Å². The summed E-state index contributed by atoms with van der Waals surface area (Å²) in [6.07, 6.45) is 2.00. The summed E-state index contributed by atoms with van der Waals surface area (Å²) in [6, 6.07) is 25.3. The molecule has 25 heavy (non-hydrogen) atoms. The predicted molar refractivity (Wildman–Crippen MR) is 111 cm³/mol. The van der Waals surface area contributed by atoms with Gasteiger partial charge in [-0.05, 0) is 53.9 Å². The van der Waals surface area contributed by atoms with E-state index in [1.807, 2.05) is 90.3 Å². The molecule has 0 aliphatic carbocycles. The first-order valence-electron chi connectivity index (χ1n) is 7.69. The Morgan fingerprint density at radius 3 is 2.28 bits per heavy atom. The quantitative estimate of drug-likeness (QED) is 0.329. The number of thioether (sulfide) groups is 1. The van der Waals surface area contributed by atoms with Gasteiger partial charge in [0, 0.05) is 20.5 Å². The Kier molecular flexibility index (Phi) is 6.35. The van der Waals surface area contributed by atoms with E-state index >= 15 is 0 Å². The Morgan fingerprint density at radius 1 is 0.800 bits per heavy atom. The molecule has 0 unspecified atom stereocenters. The maximum absolute atomic E-state index is 6.03. The molecule has 0 saturated heterocycles. The predicted octanol–water partition coefficient (Wildman–Crippen LogP) is 7.42. The van der Waals surface area contributed by atoms with Crippen molar-refractivity contribution < 1.29 is 0 Å². The minimum absolute atomic E-state index is 0.708. The van der Waals surface area contributed by atoms with Gasteiger partial charge in [-0.1, -0.05) is 71.4 Å². The molecule has 0 N–H and O–H groups in total. The Balaban J connectivity index is 1.87. The second-order valence-corrected chi connectivity index (χ2v) is 7.07. The van der Waals surface area contributed by atoms with Crippen LogP contribution in [0.2, 0.25) is 10.0 Å². The van der Waals surface area contributed by atoms with Crippen LogP contribution in [0.4, 0.5) is 5.69 Å². The molecule has 0 bridgehead atoms. The van der Waals surface area contributed by atoms with Crippen LogP contribution in [0.1, 0.15) is 5.56 Å². The highest BCUT2D eigenvalue weighted by Gasteiger charge is 2.01. The van der Waals surface area contributed by atoms with E-state index in [1.165, 1.54) is 0 Å². The molecule has 0 atom stereocenters. The molecular weight excluding hydrogens is 369 g/mol. The normalized spacial score (nSPS) is 11.8. The molecule has 0 aliphatic heterocycles. The summed E-state index contributed by atoms with van der Waals surface area (Å²) in [6.45, 7) is 0. The number of halogens is 2. The van der Waals surface area contributed by atoms with Gasteiger partial charge in [0.05, 0.1) is 11.4 Å². The molecule has 1 nitrogen and oxygen atoms in total. The zero-order valence-corrected chi connectivity index (χ0v) is 15.6. The van der Waals surface area contributed by atoms with E-state index in [0.29, 0.717) is 5.02 Å². The van der Waals surface area contributed by atoms with Crippen molar-refractivity contribution in [3.05, 3.63) is 106 Å². The SMILES string of the molecule is Clc1ccc(C(/C=C/Sc2cccc(Cl)c2)=Nc2ccccc2)cc1. The molecule has 3 aromatic rings. The van der Waals surface area contributed by atoms with Crippen LogP contribution in [0, 0.1) is 0 Å². The van der Waals surface area contributed by atoms with Gasteiger partial charge in [-0.2, -0.15) is 0 Å². The number of allylic oxidation sites excluding steroid dienone is 1. The van der Waals surface area contributed by atoms with E-state index in [2.05, 4.69) is 0 Å². The number of rotatable bonds is 5. The summed E-state index contributed by atoms with van der Waals surface area (Å²) in [4.78, 5) is 5.84. The Labute approximate surface area is 162 Å². The molecule has 0 aliphatic rings. The maximum Gasteiger partial charge on any atom is 0.0714 e. The first-order valence-corrected chi connectivity index (χ1v) is 9.33. The molecule has 0 radical (unpaired) electrons. The molecule has 0 saturated carbocycles. The fraction of sp³-hybridized carbons (Fsp3) is 0. The topological polar surface area (TPSA) is 12.4 Å². The summed E-state index contributed by atoms with van der Waals surface area (Å²) in [7, 11) is 0. The number of benzene rings is 3. The van der Waals surface area contributed by atoms with Crippen LogP contribution in [0.15, 0.2) is 100 Å². The van der Waals surface area contributed by atoms with Crippen molar-refractivity contribution in [1.29, 1.82) is 0 Å². The fourth-order valence-electron chi connectivity index (χ4n) is 2.18. The highest BCUT2D eigenvalue weighted by atomic mass is 35.5. The van der Waals surface area contributed by atoms with E-state index in [9.17, 15) is 0 Å². The summed E-state index contributed by atoms with van der Waals surface area (Å²) in [5.41, 5.74) is 2.79. The summed E-state index contributed by atoms with van der Waals surface area (Å²) >= 11 is 13.6. The number of aliphatic imine (C=N–C) groups is 1. The largest absolute Gasteiger partial charge is 0.248 e. The fourth-order valence-corrected chi connectivity index (χ4v) is 3.26. The molecule has 3 aromatic carbocycles. The zero-order valence-electron chi connectivity index (χ0n) is 13.3. The minimum atomic E-state index is 0.708. The van der Waals surface area contributed by atoms with Gasteiger partial charge in [0.2, 0.25) is 0 Å². The highest BCUT2D eigenvalue weighted by Crippen LogP contribution is 2.23. The standard InChI is InChI=1S/C21H15Cl2NS/c22-17-11-9-16(10-12-17)21(24-19-6-2-1-3-7-19)13-14-25-20-8-4-5-18(23)15-20/h1-15H/b14-13+,24-21?. The van der Waals surface area contributed by atoms with Gasteiger partial charge in [0.1, 0.15) is 0 Å². The smallest absolute Gasteiger partial charge is 0.0714 e. The lowest BCUT2D eigenvalue weighted by Crippen LogP contribution is -1.95. The maximum atomic E-state index is 6.03. The van der Waals surface area contributed by atoms with Crippen LogP contribution >= 0.6 is 35.0 Å². The zero-order chi connectivity index (χ0) is 17.5. The van der Waals surface area contributed by atoms with Gasteiger partial charge in [0.15, 0.2) is 0 Å². The van der Waals surface area contributed by atoms with Gasteiger partial charge in [0.25, 0.3) is 0 Å². The summed E-state index contributed by atoms with van der Waals surface area (Å²) in [5.74, 6) is 0. The molecular formula is C21H15Cl2NS. The van der Waals surface area contributed by atoms with Crippen LogP contribution in [0.3, 0.4) is 0 Å². The van der Waals surface area contributed by atoms with Crippen LogP contribution in [-0.2, 0) is 0 Å². The molecule has 4 heteroatoms. The van der Waals surface area contributed by atoms with Crippen LogP contribution in [0.25, 0.3) is 0 Å². The molecule has 0 spiro atoms. The summed E-state index contributed by atoms with van der Waals surface area (Å²) < 4.78 is 0. The molecule has 0 amide bonds. The second kappa shape index (κ2) is 8.91.